The number of nitrogens with zero attached hydrogens (tertiary/aromatic N) is 3. The number of sulfonamides is 1. The van der Waals surface area contributed by atoms with Crippen molar-refractivity contribution in [2.45, 2.75) is 23.1 Å². The molecule has 1 saturated heterocycles. The van der Waals surface area contributed by atoms with E-state index in [-0.39, 0.29) is 11.3 Å². The van der Waals surface area contributed by atoms with Gasteiger partial charge in [0.2, 0.25) is 5.88 Å². The first-order chi connectivity index (χ1) is 14.9. The second-order valence-corrected chi connectivity index (χ2v) is 8.67. The monoisotopic (exact) mass is 477 g/mol. The average molecular weight is 477 g/mol. The first-order valence-corrected chi connectivity index (χ1v) is 10.2. The minimum Gasteiger partial charge on any atom is -0.486 e. The number of aliphatic hydroxyl groups excluding tert-OH is 1. The van der Waals surface area contributed by atoms with Gasteiger partial charge in [-0.25, -0.2) is 17.8 Å². The lowest BCUT2D eigenvalue weighted by molar-refractivity contribution is -0.276. The minimum absolute atomic E-state index is 0.142. The van der Waals surface area contributed by atoms with E-state index in [1.54, 1.807) is 6.07 Å². The van der Waals surface area contributed by atoms with Crippen LogP contribution in [0.2, 0.25) is 0 Å². The number of nitriles is 1. The van der Waals surface area contributed by atoms with Gasteiger partial charge in [0.1, 0.15) is 29.3 Å². The number of ether oxygens (including phenoxy) is 2. The third-order valence-corrected chi connectivity index (χ3v) is 6.27. The topological polar surface area (TPSA) is 133 Å². The number of aliphatic hydroxyl groups is 2. The maximum atomic E-state index is 13.8. The second kappa shape index (κ2) is 8.51. The number of aromatic nitrogens is 1. The predicted octanol–water partition coefficient (Wildman–Crippen LogP) is 1.17. The SMILES string of the molecule is N#Cc1ccc(O[C@H]2CN(S(=O)(=O)c3cccc(OC(F)(F)F)n3)C[C@@]2(O)CO)cc1F. The lowest BCUT2D eigenvalue weighted by Gasteiger charge is -2.27. The van der Waals surface area contributed by atoms with Gasteiger partial charge in [0, 0.05) is 18.7 Å². The van der Waals surface area contributed by atoms with Gasteiger partial charge >= 0.3 is 6.36 Å². The van der Waals surface area contributed by atoms with Crippen LogP contribution in [0.15, 0.2) is 41.4 Å². The van der Waals surface area contributed by atoms with E-state index < -0.39 is 64.5 Å². The van der Waals surface area contributed by atoms with Gasteiger partial charge in [0.05, 0.1) is 18.7 Å². The molecule has 0 saturated carbocycles. The Morgan fingerprint density at radius 1 is 1.31 bits per heavy atom. The molecule has 0 bridgehead atoms. The van der Waals surface area contributed by atoms with Crippen LogP contribution in [0.3, 0.4) is 0 Å². The van der Waals surface area contributed by atoms with E-state index in [2.05, 4.69) is 9.72 Å². The van der Waals surface area contributed by atoms with Crippen LogP contribution in [0.25, 0.3) is 0 Å². The first kappa shape index (κ1) is 23.7. The van der Waals surface area contributed by atoms with E-state index >= 15 is 0 Å². The largest absolute Gasteiger partial charge is 0.574 e. The van der Waals surface area contributed by atoms with E-state index in [0.717, 1.165) is 30.3 Å². The highest BCUT2D eigenvalue weighted by molar-refractivity contribution is 7.89. The lowest BCUT2D eigenvalue weighted by atomic mass is 10.0. The van der Waals surface area contributed by atoms with Gasteiger partial charge < -0.3 is 19.7 Å². The van der Waals surface area contributed by atoms with Crippen LogP contribution in [0.1, 0.15) is 5.56 Å². The van der Waals surface area contributed by atoms with Crippen molar-refractivity contribution in [1.82, 2.24) is 9.29 Å². The maximum absolute atomic E-state index is 13.8. The van der Waals surface area contributed by atoms with Crippen molar-refractivity contribution in [3.63, 3.8) is 0 Å². The summed E-state index contributed by atoms with van der Waals surface area (Å²) >= 11 is 0. The lowest BCUT2D eigenvalue weighted by Crippen LogP contribution is -2.48. The number of halogens is 4. The molecule has 2 heterocycles. The fraction of sp³-hybridized carbons (Fsp3) is 0.333. The van der Waals surface area contributed by atoms with Crippen LogP contribution in [-0.4, -0.2) is 65.7 Å². The molecule has 2 atom stereocenters. The molecule has 2 N–H and O–H groups in total. The summed E-state index contributed by atoms with van der Waals surface area (Å²) in [6.45, 7) is -2.15. The Balaban J connectivity index is 1.86. The standard InChI is InChI=1S/C18H15F4N3O6S/c19-13-6-12(5-4-11(13)7-23)30-14-8-25(9-17(14,27)10-26)32(28,29)16-3-1-2-15(24-16)31-18(20,21)22/h1-6,14,26-27H,8-10H2/t14-,17+/m0/s1. The molecule has 0 amide bonds. The Hall–Kier alpha value is -2.99. The van der Waals surface area contributed by atoms with E-state index in [1.807, 2.05) is 0 Å². The molecule has 3 rings (SSSR count). The summed E-state index contributed by atoms with van der Waals surface area (Å²) in [5.74, 6) is -2.06. The molecule has 0 radical (unpaired) electrons. The Kier molecular flexibility index (Phi) is 6.29. The fourth-order valence-electron chi connectivity index (χ4n) is 2.98. The smallest absolute Gasteiger partial charge is 0.486 e. The highest BCUT2D eigenvalue weighted by atomic mass is 32.2. The second-order valence-electron chi connectivity index (χ2n) is 6.78. The number of β-amino-alcohol motifs (C(OH)–C–C–N with tert-alkyl or cyclic N) is 1. The van der Waals surface area contributed by atoms with Crippen LogP contribution in [-0.2, 0) is 10.0 Å². The summed E-state index contributed by atoms with van der Waals surface area (Å²) in [4.78, 5) is 3.35. The summed E-state index contributed by atoms with van der Waals surface area (Å²) in [6.07, 6.45) is -6.46. The molecule has 32 heavy (non-hydrogen) atoms. The van der Waals surface area contributed by atoms with E-state index in [0.29, 0.717) is 4.31 Å². The number of alkyl halides is 3. The van der Waals surface area contributed by atoms with Crippen molar-refractivity contribution in [1.29, 1.82) is 5.26 Å². The van der Waals surface area contributed by atoms with Crippen LogP contribution >= 0.6 is 0 Å². The molecule has 0 aliphatic carbocycles. The van der Waals surface area contributed by atoms with Gasteiger partial charge in [0.15, 0.2) is 5.03 Å². The van der Waals surface area contributed by atoms with Crippen LogP contribution in [0.5, 0.6) is 11.6 Å². The van der Waals surface area contributed by atoms with Crippen molar-refractivity contribution < 1.29 is 45.7 Å². The third-order valence-electron chi connectivity index (χ3n) is 4.55. The van der Waals surface area contributed by atoms with Crippen molar-refractivity contribution in [2.24, 2.45) is 0 Å². The molecule has 1 aromatic heterocycles. The zero-order valence-corrected chi connectivity index (χ0v) is 16.8. The Bertz CT molecular complexity index is 1150. The van der Waals surface area contributed by atoms with E-state index in [1.165, 1.54) is 6.07 Å². The Labute approximate surface area is 179 Å². The van der Waals surface area contributed by atoms with Gasteiger partial charge in [-0.3, -0.25) is 0 Å². The Morgan fingerprint density at radius 3 is 2.62 bits per heavy atom. The van der Waals surface area contributed by atoms with Gasteiger partial charge in [-0.1, -0.05) is 6.07 Å². The molecule has 14 heteroatoms. The normalized spacial score (nSPS) is 21.8. The molecule has 2 aromatic rings. The van der Waals surface area contributed by atoms with Gasteiger partial charge in [-0.05, 0) is 18.2 Å². The molecule has 1 aliphatic heterocycles. The molecule has 0 spiro atoms. The van der Waals surface area contributed by atoms with Crippen LogP contribution < -0.4 is 9.47 Å². The van der Waals surface area contributed by atoms with Crippen molar-refractivity contribution in [2.75, 3.05) is 19.7 Å². The minimum atomic E-state index is -5.09. The fourth-order valence-corrected chi connectivity index (χ4v) is 4.43. The summed E-state index contributed by atoms with van der Waals surface area (Å²) in [5.41, 5.74) is -2.38. The van der Waals surface area contributed by atoms with Crippen molar-refractivity contribution >= 4 is 10.0 Å². The summed E-state index contributed by atoms with van der Waals surface area (Å²) < 4.78 is 86.5. The molecule has 9 nitrogen and oxygen atoms in total. The van der Waals surface area contributed by atoms with E-state index in [9.17, 15) is 36.2 Å². The predicted molar refractivity (Wildman–Crippen MR) is 97.2 cm³/mol. The maximum Gasteiger partial charge on any atom is 0.574 e. The van der Waals surface area contributed by atoms with Crippen LogP contribution in [0, 0.1) is 17.1 Å². The van der Waals surface area contributed by atoms with Crippen molar-refractivity contribution in [3.8, 4) is 17.7 Å². The van der Waals surface area contributed by atoms with Gasteiger partial charge in [-0.15, -0.1) is 13.2 Å². The molecule has 172 valence electrons. The zero-order valence-electron chi connectivity index (χ0n) is 16.0. The highest BCUT2D eigenvalue weighted by Gasteiger charge is 2.51. The van der Waals surface area contributed by atoms with E-state index in [4.69, 9.17) is 10.00 Å². The summed E-state index contributed by atoms with van der Waals surface area (Å²) in [7, 11) is -4.54. The highest BCUT2D eigenvalue weighted by Crippen LogP contribution is 2.31. The van der Waals surface area contributed by atoms with Crippen molar-refractivity contribution in [3.05, 3.63) is 47.8 Å². The molecular weight excluding hydrogens is 462 g/mol. The zero-order chi connectivity index (χ0) is 23.7. The Morgan fingerprint density at radius 2 is 2.03 bits per heavy atom. The number of pyridine rings is 1. The van der Waals surface area contributed by atoms with Crippen LogP contribution in [0.4, 0.5) is 17.6 Å². The number of benzene rings is 1. The molecule has 0 unspecified atom stereocenters. The summed E-state index contributed by atoms with van der Waals surface area (Å²) in [6, 6.07) is 7.53. The van der Waals surface area contributed by atoms with Gasteiger partial charge in [0.25, 0.3) is 10.0 Å². The number of hydrogen-bond acceptors (Lipinski definition) is 8. The van der Waals surface area contributed by atoms with Gasteiger partial charge in [-0.2, -0.15) is 9.57 Å². The number of rotatable bonds is 6. The summed E-state index contributed by atoms with van der Waals surface area (Å²) in [5, 5.41) is 28.3. The number of hydrogen-bond donors (Lipinski definition) is 2. The molecular formula is C18H15F4N3O6S. The molecule has 1 aliphatic rings. The first-order valence-electron chi connectivity index (χ1n) is 8.80. The quantitative estimate of drug-likeness (QED) is 0.593. The molecule has 1 aromatic carbocycles. The molecule has 1 fully saturated rings. The average Bonchev–Trinajstić information content (AvgIpc) is 3.05. The third kappa shape index (κ3) is 4.91.